The predicted octanol–water partition coefficient (Wildman–Crippen LogP) is 21.8. The van der Waals surface area contributed by atoms with Gasteiger partial charge in [-0.2, -0.15) is 0 Å². The third kappa shape index (κ3) is 49.9. The van der Waals surface area contributed by atoms with E-state index in [9.17, 15) is 33.6 Å². The molecule has 139 heavy (non-hydrogen) atoms. The van der Waals surface area contributed by atoms with Crippen molar-refractivity contribution in [2.24, 2.45) is 39.6 Å². The predicted molar refractivity (Wildman–Crippen MR) is 589 cm³/mol. The number of rotatable bonds is 21. The van der Waals surface area contributed by atoms with Crippen LogP contribution in [-0.2, 0) is 14.2 Å². The number of nitrogens with two attached hydrogens (primary N) is 6. The second kappa shape index (κ2) is 67.9. The van der Waals surface area contributed by atoms with E-state index in [-0.39, 0.29) is 80.0 Å². The first-order valence-electron chi connectivity index (χ1n) is 43.4. The average Bonchev–Trinajstić information content (AvgIpc) is 1.64. The Labute approximate surface area is 891 Å². The number of fused-ring (bicyclic) bond motifs is 2. The summed E-state index contributed by atoms with van der Waals surface area (Å²) in [4.78, 5) is 90.5. The van der Waals surface area contributed by atoms with E-state index in [2.05, 4.69) is 113 Å². The lowest BCUT2D eigenvalue weighted by Crippen LogP contribution is -2.44. The highest BCUT2D eigenvalue weighted by Crippen LogP contribution is 2.30. The van der Waals surface area contributed by atoms with E-state index in [4.69, 9.17) is 141 Å². The maximum absolute atomic E-state index is 12.6. The summed E-state index contributed by atoms with van der Waals surface area (Å²) in [6.07, 6.45) is 5.41. The van der Waals surface area contributed by atoms with Crippen molar-refractivity contribution < 1.29 is 58.0 Å². The van der Waals surface area contributed by atoms with Crippen molar-refractivity contribution in [2.75, 3.05) is 57.1 Å². The summed E-state index contributed by atoms with van der Waals surface area (Å²) >= 11 is 57.5. The Hall–Kier alpha value is -8.47. The minimum atomic E-state index is -0.642. The number of amidine groups is 1. The smallest absolute Gasteiger partial charge is 0.408 e. The number of thioether (sulfide) groups is 1. The summed E-state index contributed by atoms with van der Waals surface area (Å²) in [6.45, 7) is 19.4. The Morgan fingerprint density at radius 2 is 0.770 bits per heavy atom. The summed E-state index contributed by atoms with van der Waals surface area (Å²) < 4.78 is 17.7. The van der Waals surface area contributed by atoms with E-state index < -0.39 is 41.1 Å². The Morgan fingerprint density at radius 3 is 1.08 bits per heavy atom. The molecule has 756 valence electrons. The lowest BCUT2D eigenvalue weighted by molar-refractivity contribution is 0.0483. The summed E-state index contributed by atoms with van der Waals surface area (Å²) in [6, 6.07) is 65.5. The van der Waals surface area contributed by atoms with Gasteiger partial charge in [0.2, 0.25) is 0 Å². The van der Waals surface area contributed by atoms with Gasteiger partial charge in [-0.1, -0.05) is 225 Å². The second-order valence-electron chi connectivity index (χ2n) is 33.0. The van der Waals surface area contributed by atoms with Gasteiger partial charge in [0.05, 0.1) is 52.5 Å². The molecule has 7 amide bonds. The fraction of sp³-hybridized carbons (Fsp3) is 0.354. The van der Waals surface area contributed by atoms with Crippen LogP contribution in [0.25, 0.3) is 0 Å². The molecular formula is C99H126Cl8IN15O12S4. The molecular weight excluding hydrogens is 2130 g/mol. The van der Waals surface area contributed by atoms with Crippen molar-refractivity contribution in [1.82, 2.24) is 42.1 Å². The van der Waals surface area contributed by atoms with Crippen LogP contribution < -0.4 is 71.8 Å². The number of alkyl halides is 1. The maximum atomic E-state index is 12.6. The first kappa shape index (κ1) is 127. The monoisotopic (exact) mass is 2250 g/mol. The number of hydrogen-bond donors (Lipinski definition) is 15. The molecule has 7 atom stereocenters. The second-order valence-corrected chi connectivity index (χ2v) is 37.9. The summed E-state index contributed by atoms with van der Waals surface area (Å²) in [5, 5.41) is 44.7. The van der Waals surface area contributed by atoms with Gasteiger partial charge in [0.1, 0.15) is 16.8 Å². The zero-order chi connectivity index (χ0) is 103. The number of carbonyl (C=O) groups excluding carboxylic acids is 7. The van der Waals surface area contributed by atoms with Gasteiger partial charge >= 0.3 is 18.3 Å². The van der Waals surface area contributed by atoms with Crippen LogP contribution in [0.5, 0.6) is 0 Å². The molecule has 4 heterocycles. The molecule has 40 heteroatoms. The number of halogens is 9. The van der Waals surface area contributed by atoms with Crippen molar-refractivity contribution in [3.05, 3.63) is 315 Å². The zero-order valence-corrected chi connectivity index (χ0v) is 90.7. The normalized spacial score (nSPS) is 14.5. The molecule has 1 saturated heterocycles. The SMILES string of the molecule is CC(C)(C)OC(=O)N[C@H](CCN)c1ccc(Cl)cc1.CC(C)(C)OC(=O)N[C@H](CCN1C(=O)c2ccccc2C1=O)c1ccc(Cl)cc1.CC(C)(C)OC(=O)N[C@H](CCO)c1ccc(Cl)cc1.CI.CSC1=NCC[C@H](c2ccc(Cl)cc2)N1.Cl.NCC[C@@H](N)c1ccc(Cl)cc1.NN.N[C@H](CCO)c1ccc(Cl)cc1.O=C1NC(=O)c2ccccc21.S=C1NCC[C@H](c2ccc(Cl)cc2)N1.S=C=S. The average molecular weight is 2260 g/mol. The van der Waals surface area contributed by atoms with Gasteiger partial charge in [0.25, 0.3) is 23.6 Å². The Kier molecular flexibility index (Phi) is 61.8. The van der Waals surface area contributed by atoms with E-state index in [1.165, 1.54) is 16.0 Å². The number of ether oxygens (including phenoxy) is 3. The highest BCUT2D eigenvalue weighted by Gasteiger charge is 2.36. The summed E-state index contributed by atoms with van der Waals surface area (Å²) in [5.74, 6) is 6.76. The molecule has 21 N–H and O–H groups in total. The number of aliphatic hydroxyl groups excluding tert-OH is 2. The lowest BCUT2D eigenvalue weighted by atomic mass is 10.0. The number of nitrogens with one attached hydrogen (secondary N) is 7. The van der Waals surface area contributed by atoms with Crippen LogP contribution in [0.4, 0.5) is 14.4 Å². The van der Waals surface area contributed by atoms with Crippen molar-refractivity contribution in [3.8, 4) is 0 Å². The van der Waals surface area contributed by atoms with Gasteiger partial charge in [-0.3, -0.25) is 46.1 Å². The van der Waals surface area contributed by atoms with Crippen LogP contribution in [0.2, 0.25) is 35.2 Å². The number of aliphatic hydroxyl groups is 2. The summed E-state index contributed by atoms with van der Waals surface area (Å²) in [5.41, 5.74) is 29.8. The van der Waals surface area contributed by atoms with Crippen LogP contribution in [0.1, 0.15) is 230 Å². The molecule has 0 spiro atoms. The molecule has 9 aromatic carbocycles. The first-order chi connectivity index (χ1) is 65.5. The molecule has 13 rings (SSSR count). The van der Waals surface area contributed by atoms with Gasteiger partial charge in [-0.25, -0.2) is 14.4 Å². The minimum absolute atomic E-state index is 0. The Morgan fingerprint density at radius 1 is 0.475 bits per heavy atom. The van der Waals surface area contributed by atoms with Gasteiger partial charge in [0, 0.05) is 84.4 Å². The number of aliphatic imine (C=N–C) groups is 1. The topological polar surface area (TPSA) is 444 Å². The highest BCUT2D eigenvalue weighted by molar-refractivity contribution is 14.1. The van der Waals surface area contributed by atoms with Gasteiger partial charge in [-0.05, 0) is 316 Å². The molecule has 9 aromatic rings. The maximum Gasteiger partial charge on any atom is 0.408 e. The third-order valence-electron chi connectivity index (χ3n) is 19.2. The molecule has 27 nitrogen and oxygen atoms in total. The molecule has 0 aliphatic carbocycles. The summed E-state index contributed by atoms with van der Waals surface area (Å²) in [7, 11) is 0. The number of thiocarbonyl (C=S) groups is 3. The fourth-order valence-electron chi connectivity index (χ4n) is 12.8. The molecule has 4 aliphatic rings. The van der Waals surface area contributed by atoms with Crippen molar-refractivity contribution in [1.29, 1.82) is 0 Å². The van der Waals surface area contributed by atoms with Gasteiger partial charge < -0.3 is 79.3 Å². The standard InChI is InChI=1S/C22H23ClN2O4.C14H21ClN2O2.C14H20ClNO3.C11H13ClN2S.C10H11ClN2S.C9H13ClN2.C9H12ClNO.C8H5NO2.CH3I.CS2.ClH.H4N2/c1-22(2,3)29-21(28)24-18(14-8-10-15(23)11-9-14)12-13-25-19(26)16-6-4-5-7-17(16)20(25)27;1-14(2,3)19-13(18)17-12(8-9-16)10-4-6-11(15)7-5-10;1-14(2,3)19-13(18)16-12(8-9-17)10-4-6-11(15)7-5-10;1-15-11-13-7-6-10(14-11)8-2-4-9(12)5-3-8;11-8-3-1-7(2-4-8)9-5-6-12-10(14)13-9;10-8-3-1-7(2-4-8)9(12)5-6-11;10-8-3-1-7(2-4-8)9(11)5-6-12;10-7-5-3-1-2-4-6(5)8(11)9-7;1-2;2-1-3;;1-2/h4-11,18H,12-13H2,1-3H3,(H,24,28);4-7,12H,8-9,16H2,1-3H3,(H,17,18);4-7,12,17H,8-9H2,1-3H3,(H,16,18);2-5,10H,6-7H2,1H3,(H,13,14);1-4,9H,5-6H2,(H2,12,13,14);1-4,9H,5-6,11-12H2;1-4,9,12H,5-6,11H2;1-4H,(H,9,10,11);1H3;;1H;1-2H2/t18-;2*12-;10-;3*9-;;;;;/m1111111...../s1. The molecule has 0 saturated carbocycles. The van der Waals surface area contributed by atoms with E-state index in [0.717, 1.165) is 85.5 Å². The highest BCUT2D eigenvalue weighted by atomic mass is 127. The largest absolute Gasteiger partial charge is 0.444 e. The quantitative estimate of drug-likeness (QED) is 0.00604. The van der Waals surface area contributed by atoms with E-state index in [0.29, 0.717) is 93.2 Å². The number of imide groups is 2. The van der Waals surface area contributed by atoms with E-state index in [1.54, 1.807) is 162 Å². The number of carbonyl (C=O) groups is 7. The minimum Gasteiger partial charge on any atom is -0.444 e. The number of hydrogen-bond acceptors (Lipinski definition) is 24. The molecule has 0 bridgehead atoms. The van der Waals surface area contributed by atoms with Crippen molar-refractivity contribution in [2.45, 2.75) is 166 Å². The number of benzene rings is 9. The van der Waals surface area contributed by atoms with Crippen molar-refractivity contribution >= 4 is 221 Å². The van der Waals surface area contributed by atoms with Crippen LogP contribution in [-0.4, -0.2) is 146 Å². The Balaban J connectivity index is 0.000000541. The Bertz CT molecular complexity index is 5070. The lowest BCUT2D eigenvalue weighted by Gasteiger charge is -2.26. The van der Waals surface area contributed by atoms with Crippen LogP contribution in [0.15, 0.2) is 223 Å². The zero-order valence-electron chi connectivity index (χ0n) is 79.1. The van der Waals surface area contributed by atoms with Gasteiger partial charge in [-0.15, -0.1) is 12.4 Å². The van der Waals surface area contributed by atoms with E-state index in [1.807, 2.05) is 133 Å². The molecule has 0 unspecified atom stereocenters. The molecule has 0 aromatic heterocycles. The van der Waals surface area contributed by atoms with Crippen LogP contribution in [0, 0.1) is 0 Å². The number of alkyl carbamates (subject to hydrolysis) is 3. The number of nitrogens with zero attached hydrogens (tertiary/aromatic N) is 2. The molecule has 1 fully saturated rings. The number of amides is 7. The number of hydrazine groups is 1. The van der Waals surface area contributed by atoms with Crippen LogP contribution >= 0.6 is 165 Å². The third-order valence-corrected chi connectivity index (χ3v) is 21.8. The molecule has 0 radical (unpaired) electrons. The first-order valence-corrected chi connectivity index (χ1v) is 50.7. The van der Waals surface area contributed by atoms with E-state index >= 15 is 0 Å². The van der Waals surface area contributed by atoms with Crippen LogP contribution in [0.3, 0.4) is 0 Å². The van der Waals surface area contributed by atoms with Gasteiger partial charge in [0.15, 0.2) is 10.3 Å². The van der Waals surface area contributed by atoms with Crippen molar-refractivity contribution in [3.63, 3.8) is 0 Å². The molecule has 4 aliphatic heterocycles. The fourth-order valence-corrected chi connectivity index (χ4v) is 14.4.